The summed E-state index contributed by atoms with van der Waals surface area (Å²) in [6.45, 7) is 8.87. The number of hydrogen-bond donors (Lipinski definition) is 1. The molecule has 0 spiro atoms. The number of benzene rings is 1. The van der Waals surface area contributed by atoms with Crippen LogP contribution in [0.15, 0.2) is 18.2 Å². The van der Waals surface area contributed by atoms with Crippen molar-refractivity contribution in [2.45, 2.75) is 32.9 Å². The first-order valence-electron chi connectivity index (χ1n) is 7.97. The number of aryl methyl sites for hydroxylation is 2. The van der Waals surface area contributed by atoms with Crippen LogP contribution in [0.3, 0.4) is 0 Å². The zero-order valence-corrected chi connectivity index (χ0v) is 13.1. The molecular formula is C17H25N3O. The van der Waals surface area contributed by atoms with Gasteiger partial charge in [-0.1, -0.05) is 23.8 Å². The van der Waals surface area contributed by atoms with Gasteiger partial charge in [-0.15, -0.1) is 0 Å². The van der Waals surface area contributed by atoms with Crippen molar-refractivity contribution >= 4 is 5.91 Å². The fourth-order valence-corrected chi connectivity index (χ4v) is 3.38. The van der Waals surface area contributed by atoms with Crippen LogP contribution in [-0.4, -0.2) is 48.4 Å². The minimum absolute atomic E-state index is 0.0417. The third-order valence-electron chi connectivity index (χ3n) is 4.66. The number of rotatable bonds is 4. The largest absolute Gasteiger partial charge is 0.321 e. The molecule has 3 rings (SSSR count). The standard InChI is InChI=1S/C17H25N3O/c1-13-5-6-14(2)15(11-13)17-18-12-16(21)20(17)10-9-19-7-3-4-8-19/h5-6,11,17-18H,3-4,7-10,12H2,1-2H3. The van der Waals surface area contributed by atoms with E-state index in [0.717, 1.165) is 13.1 Å². The second-order valence-corrected chi connectivity index (χ2v) is 6.28. The fourth-order valence-electron chi connectivity index (χ4n) is 3.38. The maximum Gasteiger partial charge on any atom is 0.238 e. The first-order valence-corrected chi connectivity index (χ1v) is 7.97. The predicted molar refractivity (Wildman–Crippen MR) is 84.0 cm³/mol. The first kappa shape index (κ1) is 14.5. The molecule has 4 heteroatoms. The molecule has 0 saturated carbocycles. The van der Waals surface area contributed by atoms with Gasteiger partial charge in [-0.25, -0.2) is 0 Å². The lowest BCUT2D eigenvalue weighted by molar-refractivity contribution is -0.128. The van der Waals surface area contributed by atoms with E-state index in [1.807, 2.05) is 4.90 Å². The van der Waals surface area contributed by atoms with E-state index in [0.29, 0.717) is 6.54 Å². The smallest absolute Gasteiger partial charge is 0.238 e. The summed E-state index contributed by atoms with van der Waals surface area (Å²) in [6.07, 6.45) is 2.64. The molecule has 4 nitrogen and oxygen atoms in total. The van der Waals surface area contributed by atoms with E-state index >= 15 is 0 Å². The van der Waals surface area contributed by atoms with Crippen LogP contribution in [0.25, 0.3) is 0 Å². The molecule has 0 bridgehead atoms. The Balaban J connectivity index is 1.73. The number of nitrogens with one attached hydrogen (secondary N) is 1. The quantitative estimate of drug-likeness (QED) is 0.918. The lowest BCUT2D eigenvalue weighted by Crippen LogP contribution is -2.37. The molecule has 1 atom stereocenters. The van der Waals surface area contributed by atoms with E-state index in [1.165, 1.54) is 42.6 Å². The predicted octanol–water partition coefficient (Wildman–Crippen LogP) is 1.83. The molecule has 1 N–H and O–H groups in total. The highest BCUT2D eigenvalue weighted by Gasteiger charge is 2.32. The molecule has 0 aromatic heterocycles. The molecule has 1 aromatic carbocycles. The molecule has 2 fully saturated rings. The normalized spacial score (nSPS) is 23.2. The van der Waals surface area contributed by atoms with E-state index in [9.17, 15) is 4.79 Å². The molecule has 2 heterocycles. The van der Waals surface area contributed by atoms with Crippen molar-refractivity contribution in [3.8, 4) is 0 Å². The van der Waals surface area contributed by atoms with Crippen molar-refractivity contribution in [2.24, 2.45) is 0 Å². The molecule has 114 valence electrons. The zero-order chi connectivity index (χ0) is 14.8. The maximum absolute atomic E-state index is 12.2. The molecule has 0 radical (unpaired) electrons. The SMILES string of the molecule is Cc1ccc(C)c(C2NCC(=O)N2CCN2CCCC2)c1. The van der Waals surface area contributed by atoms with Crippen molar-refractivity contribution in [3.63, 3.8) is 0 Å². The molecule has 0 aliphatic carbocycles. The van der Waals surface area contributed by atoms with Crippen molar-refractivity contribution < 1.29 is 4.79 Å². The summed E-state index contributed by atoms with van der Waals surface area (Å²) in [5.41, 5.74) is 3.73. The summed E-state index contributed by atoms with van der Waals surface area (Å²) >= 11 is 0. The van der Waals surface area contributed by atoms with Crippen molar-refractivity contribution in [3.05, 3.63) is 34.9 Å². The van der Waals surface area contributed by atoms with Crippen LogP contribution in [0.1, 0.15) is 35.7 Å². The molecule has 2 saturated heterocycles. The number of likely N-dealkylation sites (tertiary alicyclic amines) is 1. The minimum Gasteiger partial charge on any atom is -0.321 e. The minimum atomic E-state index is 0.0417. The summed E-state index contributed by atoms with van der Waals surface area (Å²) in [6, 6.07) is 6.48. The average Bonchev–Trinajstić information content (AvgIpc) is 3.09. The Morgan fingerprint density at radius 1 is 1.19 bits per heavy atom. The van der Waals surface area contributed by atoms with Crippen LogP contribution in [0.2, 0.25) is 0 Å². The monoisotopic (exact) mass is 287 g/mol. The summed E-state index contributed by atoms with van der Waals surface area (Å²) < 4.78 is 0. The summed E-state index contributed by atoms with van der Waals surface area (Å²) in [5.74, 6) is 0.222. The van der Waals surface area contributed by atoms with Crippen molar-refractivity contribution in [1.29, 1.82) is 0 Å². The van der Waals surface area contributed by atoms with Crippen LogP contribution >= 0.6 is 0 Å². The van der Waals surface area contributed by atoms with Gasteiger partial charge >= 0.3 is 0 Å². The highest BCUT2D eigenvalue weighted by molar-refractivity contribution is 5.81. The van der Waals surface area contributed by atoms with Crippen molar-refractivity contribution in [1.82, 2.24) is 15.1 Å². The van der Waals surface area contributed by atoms with E-state index in [1.54, 1.807) is 0 Å². The summed E-state index contributed by atoms with van der Waals surface area (Å²) in [7, 11) is 0. The Bertz CT molecular complexity index is 523. The van der Waals surface area contributed by atoms with Gasteiger partial charge < -0.3 is 9.80 Å². The van der Waals surface area contributed by atoms with E-state index < -0.39 is 0 Å². The fraction of sp³-hybridized carbons (Fsp3) is 0.588. The van der Waals surface area contributed by atoms with Gasteiger partial charge in [0.1, 0.15) is 6.17 Å². The van der Waals surface area contributed by atoms with Gasteiger partial charge in [0, 0.05) is 13.1 Å². The molecule has 21 heavy (non-hydrogen) atoms. The molecular weight excluding hydrogens is 262 g/mol. The summed E-state index contributed by atoms with van der Waals surface area (Å²) in [5, 5.41) is 3.37. The molecule has 2 aliphatic heterocycles. The Morgan fingerprint density at radius 3 is 2.71 bits per heavy atom. The molecule has 1 amide bonds. The Morgan fingerprint density at radius 2 is 1.95 bits per heavy atom. The van der Waals surface area contributed by atoms with Gasteiger partial charge in [0.05, 0.1) is 6.54 Å². The number of carbonyl (C=O) groups excluding carboxylic acids is 1. The number of hydrogen-bond acceptors (Lipinski definition) is 3. The van der Waals surface area contributed by atoms with Gasteiger partial charge in [-0.3, -0.25) is 10.1 Å². The topological polar surface area (TPSA) is 35.6 Å². The van der Waals surface area contributed by atoms with E-state index in [4.69, 9.17) is 0 Å². The van der Waals surface area contributed by atoms with Crippen LogP contribution in [0.5, 0.6) is 0 Å². The Labute approximate surface area is 127 Å². The molecule has 1 aromatic rings. The zero-order valence-electron chi connectivity index (χ0n) is 13.1. The third-order valence-corrected chi connectivity index (χ3v) is 4.66. The van der Waals surface area contributed by atoms with Crippen molar-refractivity contribution in [2.75, 3.05) is 32.7 Å². The van der Waals surface area contributed by atoms with Crippen LogP contribution < -0.4 is 5.32 Å². The average molecular weight is 287 g/mol. The number of carbonyl (C=O) groups is 1. The summed E-state index contributed by atoms with van der Waals surface area (Å²) in [4.78, 5) is 16.7. The lowest BCUT2D eigenvalue weighted by Gasteiger charge is -2.28. The van der Waals surface area contributed by atoms with Crippen LogP contribution in [-0.2, 0) is 4.79 Å². The van der Waals surface area contributed by atoms with Gasteiger partial charge in [-0.2, -0.15) is 0 Å². The van der Waals surface area contributed by atoms with Gasteiger partial charge in [-0.05, 0) is 50.9 Å². The second kappa shape index (κ2) is 6.16. The number of nitrogens with zero attached hydrogens (tertiary/aromatic N) is 2. The first-order chi connectivity index (χ1) is 10.1. The lowest BCUT2D eigenvalue weighted by atomic mass is 10.0. The Kier molecular flexibility index (Phi) is 4.27. The van der Waals surface area contributed by atoms with Gasteiger partial charge in [0.25, 0.3) is 0 Å². The van der Waals surface area contributed by atoms with E-state index in [2.05, 4.69) is 42.3 Å². The number of amides is 1. The highest BCUT2D eigenvalue weighted by Crippen LogP contribution is 2.26. The maximum atomic E-state index is 12.2. The second-order valence-electron chi connectivity index (χ2n) is 6.28. The molecule has 1 unspecified atom stereocenters. The Hall–Kier alpha value is -1.39. The third kappa shape index (κ3) is 3.11. The van der Waals surface area contributed by atoms with Crippen LogP contribution in [0.4, 0.5) is 0 Å². The molecule has 2 aliphatic rings. The highest BCUT2D eigenvalue weighted by atomic mass is 16.2. The van der Waals surface area contributed by atoms with Gasteiger partial charge in [0.2, 0.25) is 5.91 Å². The van der Waals surface area contributed by atoms with Crippen LogP contribution in [0, 0.1) is 13.8 Å². The van der Waals surface area contributed by atoms with E-state index in [-0.39, 0.29) is 12.1 Å². The van der Waals surface area contributed by atoms with Gasteiger partial charge in [0.15, 0.2) is 0 Å².